The lowest BCUT2D eigenvalue weighted by Crippen LogP contribution is -2.45. The van der Waals surface area contributed by atoms with E-state index in [2.05, 4.69) is 5.32 Å². The Hall–Kier alpha value is -1.06. The summed E-state index contributed by atoms with van der Waals surface area (Å²) in [4.78, 5) is 22.5. The SMILES string of the molecule is CCOC(=O)[C@@H]1CC[C@@H](C)NC1=O. The van der Waals surface area contributed by atoms with E-state index in [9.17, 15) is 9.59 Å². The number of nitrogens with one attached hydrogen (secondary N) is 1. The number of hydrogen-bond donors (Lipinski definition) is 1. The quantitative estimate of drug-likeness (QED) is 0.502. The molecule has 13 heavy (non-hydrogen) atoms. The fourth-order valence-corrected chi connectivity index (χ4v) is 1.43. The van der Waals surface area contributed by atoms with E-state index in [1.165, 1.54) is 0 Å². The molecule has 1 heterocycles. The first kappa shape index (κ1) is 10.0. The third-order valence-electron chi connectivity index (χ3n) is 2.16. The summed E-state index contributed by atoms with van der Waals surface area (Å²) in [6.45, 7) is 4.00. The van der Waals surface area contributed by atoms with Gasteiger partial charge in [-0.2, -0.15) is 0 Å². The molecule has 74 valence electrons. The largest absolute Gasteiger partial charge is 0.465 e. The molecule has 1 saturated heterocycles. The van der Waals surface area contributed by atoms with Crippen LogP contribution in [0.3, 0.4) is 0 Å². The summed E-state index contributed by atoms with van der Waals surface area (Å²) in [6.07, 6.45) is 1.45. The van der Waals surface area contributed by atoms with Gasteiger partial charge < -0.3 is 10.1 Å². The van der Waals surface area contributed by atoms with Crippen LogP contribution in [0.4, 0.5) is 0 Å². The molecule has 0 spiro atoms. The lowest BCUT2D eigenvalue weighted by Gasteiger charge is -2.25. The van der Waals surface area contributed by atoms with E-state index in [0.29, 0.717) is 13.0 Å². The molecular formula is C9H15NO3. The number of ether oxygens (including phenoxy) is 1. The summed E-state index contributed by atoms with van der Waals surface area (Å²) in [5.74, 6) is -1.18. The van der Waals surface area contributed by atoms with Crippen molar-refractivity contribution in [2.75, 3.05) is 6.61 Å². The van der Waals surface area contributed by atoms with Gasteiger partial charge in [-0.3, -0.25) is 9.59 Å². The van der Waals surface area contributed by atoms with Gasteiger partial charge in [0.2, 0.25) is 5.91 Å². The summed E-state index contributed by atoms with van der Waals surface area (Å²) in [7, 11) is 0. The van der Waals surface area contributed by atoms with Crippen molar-refractivity contribution in [3.05, 3.63) is 0 Å². The Balaban J connectivity index is 2.51. The molecular weight excluding hydrogens is 170 g/mol. The Bertz CT molecular complexity index is 207. The molecule has 0 radical (unpaired) electrons. The summed E-state index contributed by atoms with van der Waals surface area (Å²) >= 11 is 0. The molecule has 2 atom stereocenters. The molecule has 0 saturated carbocycles. The predicted molar refractivity (Wildman–Crippen MR) is 47.0 cm³/mol. The molecule has 0 aromatic heterocycles. The molecule has 4 nitrogen and oxygen atoms in total. The lowest BCUT2D eigenvalue weighted by molar-refractivity contribution is -0.153. The fourth-order valence-electron chi connectivity index (χ4n) is 1.43. The number of carbonyl (C=O) groups excluding carboxylic acids is 2. The van der Waals surface area contributed by atoms with Gasteiger partial charge in [0.1, 0.15) is 5.92 Å². The molecule has 0 aliphatic carbocycles. The Labute approximate surface area is 77.6 Å². The smallest absolute Gasteiger partial charge is 0.318 e. The van der Waals surface area contributed by atoms with Crippen molar-refractivity contribution in [3.8, 4) is 0 Å². The highest BCUT2D eigenvalue weighted by Gasteiger charge is 2.32. The minimum atomic E-state index is -0.587. The van der Waals surface area contributed by atoms with Gasteiger partial charge in [0.15, 0.2) is 0 Å². The van der Waals surface area contributed by atoms with E-state index >= 15 is 0 Å². The van der Waals surface area contributed by atoms with Crippen molar-refractivity contribution in [1.29, 1.82) is 0 Å². The van der Waals surface area contributed by atoms with E-state index in [-0.39, 0.29) is 11.9 Å². The molecule has 4 heteroatoms. The zero-order chi connectivity index (χ0) is 9.84. The van der Waals surface area contributed by atoms with Crippen molar-refractivity contribution in [3.63, 3.8) is 0 Å². The Morgan fingerprint density at radius 1 is 1.62 bits per heavy atom. The minimum Gasteiger partial charge on any atom is -0.465 e. The zero-order valence-electron chi connectivity index (χ0n) is 8.00. The maximum Gasteiger partial charge on any atom is 0.318 e. The number of amides is 1. The standard InChI is InChI=1S/C9H15NO3/c1-3-13-9(12)7-5-4-6(2)10-8(7)11/h6-7H,3-5H2,1-2H3,(H,10,11)/t6-,7-/m1/s1. The first-order valence-electron chi connectivity index (χ1n) is 4.62. The monoisotopic (exact) mass is 185 g/mol. The number of hydrogen-bond acceptors (Lipinski definition) is 3. The van der Waals surface area contributed by atoms with Crippen LogP contribution >= 0.6 is 0 Å². The zero-order valence-corrected chi connectivity index (χ0v) is 8.00. The van der Waals surface area contributed by atoms with Crippen molar-refractivity contribution in [1.82, 2.24) is 5.32 Å². The molecule has 1 aliphatic rings. The van der Waals surface area contributed by atoms with Crippen LogP contribution in [-0.2, 0) is 14.3 Å². The second-order valence-electron chi connectivity index (χ2n) is 3.29. The van der Waals surface area contributed by atoms with Gasteiger partial charge in [-0.25, -0.2) is 0 Å². The van der Waals surface area contributed by atoms with Gasteiger partial charge in [-0.1, -0.05) is 0 Å². The predicted octanol–water partition coefficient (Wildman–Crippen LogP) is 0.464. The average molecular weight is 185 g/mol. The van der Waals surface area contributed by atoms with Crippen LogP contribution in [0.2, 0.25) is 0 Å². The van der Waals surface area contributed by atoms with Crippen LogP contribution in [0.1, 0.15) is 26.7 Å². The molecule has 1 amide bonds. The van der Waals surface area contributed by atoms with Crippen LogP contribution in [0.15, 0.2) is 0 Å². The summed E-state index contributed by atoms with van der Waals surface area (Å²) in [5, 5.41) is 2.73. The van der Waals surface area contributed by atoms with Crippen LogP contribution in [0.25, 0.3) is 0 Å². The Morgan fingerprint density at radius 2 is 2.31 bits per heavy atom. The molecule has 1 N–H and O–H groups in total. The third-order valence-corrected chi connectivity index (χ3v) is 2.16. The minimum absolute atomic E-state index is 0.179. The van der Waals surface area contributed by atoms with Gasteiger partial charge in [-0.15, -0.1) is 0 Å². The maximum atomic E-state index is 11.3. The number of rotatable bonds is 2. The highest BCUT2D eigenvalue weighted by atomic mass is 16.5. The normalized spacial score (nSPS) is 28.0. The molecule has 1 fully saturated rings. The molecule has 1 rings (SSSR count). The molecule has 0 bridgehead atoms. The molecule has 0 aromatic carbocycles. The fraction of sp³-hybridized carbons (Fsp3) is 0.778. The number of carbonyl (C=O) groups is 2. The van der Waals surface area contributed by atoms with Crippen molar-refractivity contribution >= 4 is 11.9 Å². The van der Waals surface area contributed by atoms with E-state index in [0.717, 1.165) is 6.42 Å². The third kappa shape index (κ3) is 2.44. The van der Waals surface area contributed by atoms with E-state index in [4.69, 9.17) is 4.74 Å². The first-order valence-corrected chi connectivity index (χ1v) is 4.62. The highest BCUT2D eigenvalue weighted by molar-refractivity contribution is 5.98. The van der Waals surface area contributed by atoms with Gasteiger partial charge in [0, 0.05) is 6.04 Å². The van der Waals surface area contributed by atoms with Crippen LogP contribution in [0, 0.1) is 5.92 Å². The van der Waals surface area contributed by atoms with Gasteiger partial charge in [0.05, 0.1) is 6.61 Å². The topological polar surface area (TPSA) is 55.4 Å². The van der Waals surface area contributed by atoms with E-state index in [1.54, 1.807) is 6.92 Å². The van der Waals surface area contributed by atoms with Gasteiger partial charge >= 0.3 is 5.97 Å². The van der Waals surface area contributed by atoms with Crippen LogP contribution in [-0.4, -0.2) is 24.5 Å². The first-order chi connectivity index (χ1) is 6.15. The van der Waals surface area contributed by atoms with Crippen molar-refractivity contribution in [2.24, 2.45) is 5.92 Å². The summed E-state index contributed by atoms with van der Waals surface area (Å²) < 4.78 is 4.79. The van der Waals surface area contributed by atoms with Crippen molar-refractivity contribution in [2.45, 2.75) is 32.7 Å². The Kier molecular flexibility index (Phi) is 3.28. The molecule has 0 aromatic rings. The summed E-state index contributed by atoms with van der Waals surface area (Å²) in [5.41, 5.74) is 0. The molecule has 0 unspecified atom stereocenters. The second kappa shape index (κ2) is 4.25. The second-order valence-corrected chi connectivity index (χ2v) is 3.29. The number of esters is 1. The van der Waals surface area contributed by atoms with Crippen molar-refractivity contribution < 1.29 is 14.3 Å². The van der Waals surface area contributed by atoms with Crippen LogP contribution < -0.4 is 5.32 Å². The highest BCUT2D eigenvalue weighted by Crippen LogP contribution is 2.16. The Morgan fingerprint density at radius 3 is 2.85 bits per heavy atom. The van der Waals surface area contributed by atoms with Gasteiger partial charge in [-0.05, 0) is 26.7 Å². The lowest BCUT2D eigenvalue weighted by atomic mass is 9.95. The average Bonchev–Trinajstić information content (AvgIpc) is 2.04. The van der Waals surface area contributed by atoms with E-state index in [1.807, 2.05) is 6.92 Å². The van der Waals surface area contributed by atoms with Gasteiger partial charge in [0.25, 0.3) is 0 Å². The summed E-state index contributed by atoms with van der Waals surface area (Å²) in [6, 6.07) is 0.179. The van der Waals surface area contributed by atoms with Crippen LogP contribution in [0.5, 0.6) is 0 Å². The number of piperidine rings is 1. The van der Waals surface area contributed by atoms with E-state index < -0.39 is 11.9 Å². The maximum absolute atomic E-state index is 11.3. The molecule has 1 aliphatic heterocycles.